The van der Waals surface area contributed by atoms with Crippen LogP contribution in [0, 0.1) is 29.1 Å². The van der Waals surface area contributed by atoms with Crippen LogP contribution in [0.4, 0.5) is 0 Å². The summed E-state index contributed by atoms with van der Waals surface area (Å²) >= 11 is 0. The molecule has 3 rings (SSSR count). The van der Waals surface area contributed by atoms with E-state index < -0.39 is 29.4 Å². The Kier molecular flexibility index (Phi) is 10.9. The number of fused-ring (bicyclic) bond motifs is 1. The van der Waals surface area contributed by atoms with Crippen LogP contribution in [-0.4, -0.2) is 64.5 Å². The number of carbonyl (C=O) groups excluding carboxylic acids is 3. The number of piperidine rings is 1. The van der Waals surface area contributed by atoms with Crippen molar-refractivity contribution in [1.29, 1.82) is 0 Å². The Morgan fingerprint density at radius 1 is 0.949 bits per heavy atom. The first-order valence-electron chi connectivity index (χ1n) is 15.5. The van der Waals surface area contributed by atoms with Crippen molar-refractivity contribution < 1.29 is 19.5 Å². The standard InChI is InChI=1S/C31H56N4O4/c1-20(31(5,6)29(32)39)27(37)33-24(16-21-12-8-7-9-13-21)26(36)19-35-18-23-15-11-10-14-22(23)17-25(35)28(38)34-30(2,3)4/h20-26,36H,7-19H2,1-6H3,(H2,32,39)(H,33,37)(H,34,38)/t20-,22-,23+,24-,25-,26+/m0/s1. The normalized spacial score (nSPS) is 27.6. The average molecular weight is 549 g/mol. The maximum atomic E-state index is 13.5. The number of likely N-dealkylation sites (tertiary alicyclic amines) is 1. The number of nitrogens with one attached hydrogen (secondary N) is 2. The fourth-order valence-electron chi connectivity index (χ4n) is 6.94. The van der Waals surface area contributed by atoms with Gasteiger partial charge in [0, 0.05) is 24.5 Å². The van der Waals surface area contributed by atoms with Crippen LogP contribution in [-0.2, 0) is 14.4 Å². The topological polar surface area (TPSA) is 125 Å². The summed E-state index contributed by atoms with van der Waals surface area (Å²) in [5.74, 6) is 0.180. The van der Waals surface area contributed by atoms with Gasteiger partial charge < -0.3 is 21.5 Å². The highest BCUT2D eigenvalue weighted by molar-refractivity contribution is 5.89. The minimum absolute atomic E-state index is 0.0309. The predicted molar refractivity (Wildman–Crippen MR) is 155 cm³/mol. The highest BCUT2D eigenvalue weighted by atomic mass is 16.3. The summed E-state index contributed by atoms with van der Waals surface area (Å²) in [7, 11) is 0. The fraction of sp³-hybridized carbons (Fsp3) is 0.903. The van der Waals surface area contributed by atoms with Gasteiger partial charge in [-0.3, -0.25) is 19.3 Å². The lowest BCUT2D eigenvalue weighted by Gasteiger charge is -2.47. The number of primary amides is 1. The first-order valence-corrected chi connectivity index (χ1v) is 15.5. The summed E-state index contributed by atoms with van der Waals surface area (Å²) in [6.07, 6.45) is 11.3. The highest BCUT2D eigenvalue weighted by Gasteiger charge is 2.43. The van der Waals surface area contributed by atoms with Crippen molar-refractivity contribution in [2.75, 3.05) is 13.1 Å². The van der Waals surface area contributed by atoms with Crippen LogP contribution in [0.1, 0.15) is 112 Å². The summed E-state index contributed by atoms with van der Waals surface area (Å²) in [6, 6.07) is -0.723. The fourth-order valence-corrected chi connectivity index (χ4v) is 6.94. The maximum absolute atomic E-state index is 13.5. The maximum Gasteiger partial charge on any atom is 0.237 e. The number of rotatable bonds is 10. The van der Waals surface area contributed by atoms with E-state index in [-0.39, 0.29) is 23.4 Å². The van der Waals surface area contributed by atoms with Gasteiger partial charge in [0.25, 0.3) is 0 Å². The summed E-state index contributed by atoms with van der Waals surface area (Å²) in [6.45, 7) is 12.3. The van der Waals surface area contributed by atoms with Gasteiger partial charge in [-0.2, -0.15) is 0 Å². The van der Waals surface area contributed by atoms with Crippen molar-refractivity contribution in [2.45, 2.75) is 136 Å². The van der Waals surface area contributed by atoms with Gasteiger partial charge in [-0.05, 0) is 57.8 Å². The summed E-state index contributed by atoms with van der Waals surface area (Å²) in [4.78, 5) is 41.0. The first kappa shape index (κ1) is 31.9. The number of aliphatic hydroxyl groups is 1. The zero-order valence-electron chi connectivity index (χ0n) is 25.4. The van der Waals surface area contributed by atoms with E-state index in [1.165, 1.54) is 44.9 Å². The van der Waals surface area contributed by atoms with E-state index in [0.29, 0.717) is 30.7 Å². The molecule has 1 saturated heterocycles. The van der Waals surface area contributed by atoms with Gasteiger partial charge in [-0.15, -0.1) is 0 Å². The molecule has 0 aromatic heterocycles. The molecule has 0 unspecified atom stereocenters. The van der Waals surface area contributed by atoms with Gasteiger partial charge >= 0.3 is 0 Å². The van der Waals surface area contributed by atoms with E-state index in [2.05, 4.69) is 15.5 Å². The second-order valence-corrected chi connectivity index (χ2v) is 14.5. The van der Waals surface area contributed by atoms with Crippen LogP contribution in [0.3, 0.4) is 0 Å². The van der Waals surface area contributed by atoms with Gasteiger partial charge in [0.2, 0.25) is 17.7 Å². The zero-order chi connectivity index (χ0) is 29.0. The van der Waals surface area contributed by atoms with E-state index >= 15 is 0 Å². The predicted octanol–water partition coefficient (Wildman–Crippen LogP) is 3.75. The molecular formula is C31H56N4O4. The molecule has 3 fully saturated rings. The Balaban J connectivity index is 1.79. The molecule has 0 aromatic rings. The van der Waals surface area contributed by atoms with E-state index in [0.717, 1.165) is 25.8 Å². The SMILES string of the molecule is C[C@@H](C(=O)N[C@@H](CC1CCCCC1)[C@H](O)CN1C[C@H]2CCCC[C@H]2C[C@H]1C(=O)NC(C)(C)C)C(C)(C)C(N)=O. The van der Waals surface area contributed by atoms with Gasteiger partial charge in [0.05, 0.1) is 23.6 Å². The minimum atomic E-state index is -0.997. The van der Waals surface area contributed by atoms with Crippen LogP contribution >= 0.6 is 0 Å². The Morgan fingerprint density at radius 2 is 1.54 bits per heavy atom. The number of amides is 3. The average Bonchev–Trinajstić information content (AvgIpc) is 2.86. The summed E-state index contributed by atoms with van der Waals surface area (Å²) < 4.78 is 0. The third-order valence-corrected chi connectivity index (χ3v) is 9.94. The van der Waals surface area contributed by atoms with E-state index in [1.807, 2.05) is 20.8 Å². The molecule has 1 heterocycles. The molecular weight excluding hydrogens is 492 g/mol. The Morgan fingerprint density at radius 3 is 2.13 bits per heavy atom. The Bertz CT molecular complexity index is 848. The van der Waals surface area contributed by atoms with E-state index in [9.17, 15) is 19.5 Å². The zero-order valence-corrected chi connectivity index (χ0v) is 25.4. The van der Waals surface area contributed by atoms with Gasteiger partial charge in [-0.25, -0.2) is 0 Å². The lowest BCUT2D eigenvalue weighted by Crippen LogP contribution is -2.60. The number of β-amino-alcohol motifs (C(OH)–C–C–N with tert-alkyl or cyclic N) is 1. The number of nitrogens with two attached hydrogens (primary N) is 1. The van der Waals surface area contributed by atoms with Crippen molar-refractivity contribution in [3.8, 4) is 0 Å². The third-order valence-electron chi connectivity index (χ3n) is 9.94. The number of nitrogens with zero attached hydrogens (tertiary/aromatic N) is 1. The third kappa shape index (κ3) is 8.66. The Labute approximate surface area is 236 Å². The molecule has 0 spiro atoms. The molecule has 5 N–H and O–H groups in total. The lowest BCUT2D eigenvalue weighted by molar-refractivity contribution is -0.139. The second kappa shape index (κ2) is 13.3. The van der Waals surface area contributed by atoms with Crippen LogP contribution in [0.5, 0.6) is 0 Å². The quantitative estimate of drug-likeness (QED) is 0.331. The first-order chi connectivity index (χ1) is 18.2. The second-order valence-electron chi connectivity index (χ2n) is 14.5. The van der Waals surface area contributed by atoms with Crippen LogP contribution < -0.4 is 16.4 Å². The lowest BCUT2D eigenvalue weighted by atomic mass is 9.72. The monoisotopic (exact) mass is 548 g/mol. The van der Waals surface area contributed by atoms with Crippen molar-refractivity contribution in [3.05, 3.63) is 0 Å². The molecule has 39 heavy (non-hydrogen) atoms. The number of aliphatic hydroxyl groups excluding tert-OH is 1. The van der Waals surface area contributed by atoms with E-state index in [1.54, 1.807) is 20.8 Å². The van der Waals surface area contributed by atoms with Crippen molar-refractivity contribution in [1.82, 2.24) is 15.5 Å². The molecule has 1 aliphatic heterocycles. The molecule has 3 aliphatic rings. The smallest absolute Gasteiger partial charge is 0.237 e. The molecule has 0 radical (unpaired) electrons. The van der Waals surface area contributed by atoms with Crippen LogP contribution in [0.15, 0.2) is 0 Å². The van der Waals surface area contributed by atoms with Crippen LogP contribution in [0.2, 0.25) is 0 Å². The van der Waals surface area contributed by atoms with Gasteiger partial charge in [0.15, 0.2) is 0 Å². The number of hydrogen-bond donors (Lipinski definition) is 4. The minimum Gasteiger partial charge on any atom is -0.390 e. The van der Waals surface area contributed by atoms with Gasteiger partial charge in [-0.1, -0.05) is 72.1 Å². The molecule has 224 valence electrons. The van der Waals surface area contributed by atoms with Gasteiger partial charge in [0.1, 0.15) is 0 Å². The van der Waals surface area contributed by atoms with Crippen molar-refractivity contribution >= 4 is 17.7 Å². The molecule has 8 heteroatoms. The summed E-state index contributed by atoms with van der Waals surface area (Å²) in [5.41, 5.74) is 4.28. The molecule has 0 aromatic carbocycles. The largest absolute Gasteiger partial charge is 0.390 e. The molecule has 8 nitrogen and oxygen atoms in total. The molecule has 2 saturated carbocycles. The molecule has 2 aliphatic carbocycles. The molecule has 0 bridgehead atoms. The molecule has 6 atom stereocenters. The highest BCUT2D eigenvalue weighted by Crippen LogP contribution is 2.39. The number of carbonyl (C=O) groups is 3. The van der Waals surface area contributed by atoms with Crippen molar-refractivity contribution in [2.24, 2.45) is 34.8 Å². The van der Waals surface area contributed by atoms with Crippen molar-refractivity contribution in [3.63, 3.8) is 0 Å². The summed E-state index contributed by atoms with van der Waals surface area (Å²) in [5, 5.41) is 18.0. The number of hydrogen-bond acceptors (Lipinski definition) is 5. The molecule has 3 amide bonds. The Hall–Kier alpha value is -1.67. The van der Waals surface area contributed by atoms with E-state index in [4.69, 9.17) is 5.73 Å². The van der Waals surface area contributed by atoms with Crippen LogP contribution in [0.25, 0.3) is 0 Å².